The van der Waals surface area contributed by atoms with E-state index in [0.717, 1.165) is 18.5 Å². The van der Waals surface area contributed by atoms with Crippen molar-refractivity contribution in [3.8, 4) is 17.2 Å². The molecule has 1 aromatic carbocycles. The lowest BCUT2D eigenvalue weighted by atomic mass is 10.0. The number of nitrogens with zero attached hydrogens (tertiary/aromatic N) is 2. The molecule has 1 aliphatic carbocycles. The van der Waals surface area contributed by atoms with Gasteiger partial charge < -0.3 is 24.8 Å². The van der Waals surface area contributed by atoms with Gasteiger partial charge in [0.1, 0.15) is 0 Å². The van der Waals surface area contributed by atoms with Crippen molar-refractivity contribution in [1.82, 2.24) is 14.9 Å². The lowest BCUT2D eigenvalue weighted by Crippen LogP contribution is -2.33. The van der Waals surface area contributed by atoms with E-state index in [1.807, 2.05) is 0 Å². The molecular weight excluding hydrogens is 388 g/mol. The van der Waals surface area contributed by atoms with Gasteiger partial charge in [0.05, 0.1) is 39.0 Å². The Hall–Kier alpha value is -3.23. The second kappa shape index (κ2) is 10.00. The van der Waals surface area contributed by atoms with Gasteiger partial charge in [-0.1, -0.05) is 12.8 Å². The van der Waals surface area contributed by atoms with E-state index in [1.165, 1.54) is 38.7 Å². The Labute approximate surface area is 175 Å². The zero-order valence-corrected chi connectivity index (χ0v) is 17.6. The monoisotopic (exact) mass is 416 g/mol. The molecule has 0 unspecified atom stereocenters. The van der Waals surface area contributed by atoms with Gasteiger partial charge in [0.15, 0.2) is 11.5 Å². The topological polar surface area (TPSA) is 104 Å². The van der Waals surface area contributed by atoms with Crippen LogP contribution in [0.5, 0.6) is 17.2 Å². The number of urea groups is 1. The summed E-state index contributed by atoms with van der Waals surface area (Å²) in [5.74, 6) is 1.72. The fourth-order valence-corrected chi connectivity index (χ4v) is 3.67. The first-order chi connectivity index (χ1) is 14.5. The van der Waals surface area contributed by atoms with Crippen LogP contribution in [0.2, 0.25) is 0 Å². The van der Waals surface area contributed by atoms with Crippen LogP contribution in [0.4, 0.5) is 10.5 Å². The zero-order valence-electron chi connectivity index (χ0n) is 17.6. The largest absolute Gasteiger partial charge is 0.493 e. The third-order valence-electron chi connectivity index (χ3n) is 5.23. The maximum atomic E-state index is 12.3. The summed E-state index contributed by atoms with van der Waals surface area (Å²) in [5.41, 5.74) is 1.27. The van der Waals surface area contributed by atoms with Gasteiger partial charge in [-0.3, -0.25) is 9.36 Å². The van der Waals surface area contributed by atoms with Gasteiger partial charge in [-0.05, 0) is 12.8 Å². The molecule has 2 aromatic rings. The number of benzene rings is 1. The van der Waals surface area contributed by atoms with E-state index in [4.69, 9.17) is 14.2 Å². The van der Waals surface area contributed by atoms with E-state index in [2.05, 4.69) is 15.6 Å². The third kappa shape index (κ3) is 5.03. The predicted octanol–water partition coefficient (Wildman–Crippen LogP) is 2.75. The van der Waals surface area contributed by atoms with Gasteiger partial charge in [0.25, 0.3) is 5.56 Å². The average molecular weight is 416 g/mol. The number of hydrogen-bond donors (Lipinski definition) is 2. The molecule has 2 N–H and O–H groups in total. The highest BCUT2D eigenvalue weighted by Crippen LogP contribution is 2.39. The minimum atomic E-state index is -0.409. The summed E-state index contributed by atoms with van der Waals surface area (Å²) >= 11 is 0. The van der Waals surface area contributed by atoms with E-state index in [1.54, 1.807) is 24.5 Å². The first kappa shape index (κ1) is 21.5. The predicted molar refractivity (Wildman–Crippen MR) is 113 cm³/mol. The maximum absolute atomic E-state index is 12.3. The molecule has 0 radical (unpaired) electrons. The number of methoxy groups -OCH3 is 3. The van der Waals surface area contributed by atoms with Crippen LogP contribution in [0.1, 0.15) is 37.3 Å². The number of hydrogen-bond acceptors (Lipinski definition) is 6. The van der Waals surface area contributed by atoms with Gasteiger partial charge in [0, 0.05) is 37.2 Å². The summed E-state index contributed by atoms with van der Waals surface area (Å²) in [6.45, 7) is 0.611. The van der Waals surface area contributed by atoms with Crippen molar-refractivity contribution >= 4 is 11.7 Å². The first-order valence-corrected chi connectivity index (χ1v) is 9.97. The lowest BCUT2D eigenvalue weighted by molar-refractivity contribution is 0.251. The van der Waals surface area contributed by atoms with Crippen LogP contribution in [-0.2, 0) is 6.54 Å². The molecule has 1 heterocycles. The Morgan fingerprint density at radius 3 is 2.33 bits per heavy atom. The van der Waals surface area contributed by atoms with Gasteiger partial charge in [-0.15, -0.1) is 0 Å². The normalized spacial score (nSPS) is 13.7. The Kier molecular flexibility index (Phi) is 7.16. The van der Waals surface area contributed by atoms with E-state index >= 15 is 0 Å². The van der Waals surface area contributed by atoms with Crippen LogP contribution in [0.15, 0.2) is 29.3 Å². The Balaban J connectivity index is 1.56. The molecule has 9 heteroatoms. The Bertz CT molecular complexity index is 912. The summed E-state index contributed by atoms with van der Waals surface area (Å²) in [4.78, 5) is 29.0. The minimum absolute atomic E-state index is 0.0984. The molecule has 0 spiro atoms. The quantitative estimate of drug-likeness (QED) is 0.686. The fourth-order valence-electron chi connectivity index (χ4n) is 3.67. The highest BCUT2D eigenvalue weighted by molar-refractivity contribution is 5.90. The van der Waals surface area contributed by atoms with Crippen LogP contribution in [0.3, 0.4) is 0 Å². The van der Waals surface area contributed by atoms with E-state index < -0.39 is 6.03 Å². The van der Waals surface area contributed by atoms with Crippen molar-refractivity contribution in [3.05, 3.63) is 40.6 Å². The molecule has 0 atom stereocenters. The summed E-state index contributed by atoms with van der Waals surface area (Å²) in [6, 6.07) is 4.48. The van der Waals surface area contributed by atoms with Crippen LogP contribution < -0.4 is 30.4 Å². The fraction of sp³-hybridized carbons (Fsp3) is 0.476. The van der Waals surface area contributed by atoms with E-state index in [9.17, 15) is 9.59 Å². The zero-order chi connectivity index (χ0) is 21.5. The van der Waals surface area contributed by atoms with Gasteiger partial charge in [-0.25, -0.2) is 9.78 Å². The van der Waals surface area contributed by atoms with Crippen LogP contribution >= 0.6 is 0 Å². The number of amides is 2. The molecule has 2 amide bonds. The molecule has 1 aliphatic rings. The molecule has 1 aromatic heterocycles. The second-order valence-electron chi connectivity index (χ2n) is 7.12. The molecular formula is C21H28N4O5. The maximum Gasteiger partial charge on any atom is 0.319 e. The molecule has 0 aliphatic heterocycles. The van der Waals surface area contributed by atoms with E-state index in [0.29, 0.717) is 35.4 Å². The highest BCUT2D eigenvalue weighted by atomic mass is 16.5. The number of ether oxygens (including phenoxy) is 3. The molecule has 3 rings (SSSR count). The van der Waals surface area contributed by atoms with Crippen LogP contribution in [-0.4, -0.2) is 43.5 Å². The standard InChI is InChI=1S/C21H28N4O5/c1-28-17-10-15(11-18(29-2)20(17)30-3)24-21(27)22-8-9-25-13-23-16(12-19(25)26)14-6-4-5-7-14/h10-14H,4-9H2,1-3H3,(H2,22,24,27). The number of carbonyl (C=O) groups excluding carboxylic acids is 1. The first-order valence-electron chi connectivity index (χ1n) is 9.97. The van der Waals surface area contributed by atoms with Crippen molar-refractivity contribution in [3.63, 3.8) is 0 Å². The number of nitrogens with one attached hydrogen (secondary N) is 2. The second-order valence-corrected chi connectivity index (χ2v) is 7.12. The van der Waals surface area contributed by atoms with Crippen molar-refractivity contribution in [2.45, 2.75) is 38.1 Å². The van der Waals surface area contributed by atoms with Gasteiger partial charge >= 0.3 is 6.03 Å². The van der Waals surface area contributed by atoms with Crippen molar-refractivity contribution in [2.75, 3.05) is 33.2 Å². The Morgan fingerprint density at radius 2 is 1.77 bits per heavy atom. The number of aromatic nitrogens is 2. The molecule has 0 bridgehead atoms. The minimum Gasteiger partial charge on any atom is -0.493 e. The molecule has 30 heavy (non-hydrogen) atoms. The number of carbonyl (C=O) groups is 1. The van der Waals surface area contributed by atoms with Crippen molar-refractivity contribution in [2.24, 2.45) is 0 Å². The summed E-state index contributed by atoms with van der Waals surface area (Å²) in [6.07, 6.45) is 6.15. The van der Waals surface area contributed by atoms with Crippen molar-refractivity contribution in [1.29, 1.82) is 0 Å². The Morgan fingerprint density at radius 1 is 1.10 bits per heavy atom. The van der Waals surface area contributed by atoms with Gasteiger partial charge in [-0.2, -0.15) is 0 Å². The molecule has 162 valence electrons. The smallest absolute Gasteiger partial charge is 0.319 e. The van der Waals surface area contributed by atoms with Crippen molar-refractivity contribution < 1.29 is 19.0 Å². The summed E-state index contributed by atoms with van der Waals surface area (Å²) in [7, 11) is 4.52. The van der Waals surface area contributed by atoms with E-state index in [-0.39, 0.29) is 12.1 Å². The average Bonchev–Trinajstić information content (AvgIpc) is 3.29. The molecule has 1 fully saturated rings. The number of rotatable bonds is 8. The molecule has 9 nitrogen and oxygen atoms in total. The van der Waals surface area contributed by atoms with Crippen LogP contribution in [0.25, 0.3) is 0 Å². The van der Waals surface area contributed by atoms with Gasteiger partial charge in [0.2, 0.25) is 5.75 Å². The molecule has 0 saturated heterocycles. The van der Waals surface area contributed by atoms with Crippen LogP contribution in [0, 0.1) is 0 Å². The summed E-state index contributed by atoms with van der Waals surface area (Å²) in [5, 5.41) is 5.45. The summed E-state index contributed by atoms with van der Waals surface area (Å²) < 4.78 is 17.3. The highest BCUT2D eigenvalue weighted by Gasteiger charge is 2.19. The number of anilines is 1. The SMILES string of the molecule is COc1cc(NC(=O)NCCn2cnc(C3CCCC3)cc2=O)cc(OC)c1OC. The lowest BCUT2D eigenvalue weighted by Gasteiger charge is -2.15. The molecule has 1 saturated carbocycles. The third-order valence-corrected chi connectivity index (χ3v) is 5.23.